The zero-order valence-electron chi connectivity index (χ0n) is 8.61. The molecule has 0 aromatic carbocycles. The summed E-state index contributed by atoms with van der Waals surface area (Å²) >= 11 is 1.69. The van der Waals surface area contributed by atoms with E-state index in [-0.39, 0.29) is 0 Å². The minimum atomic E-state index is 1.06. The van der Waals surface area contributed by atoms with Crippen molar-refractivity contribution in [3.8, 4) is 0 Å². The van der Waals surface area contributed by atoms with Crippen molar-refractivity contribution in [1.82, 2.24) is 9.97 Å². The molecule has 0 saturated carbocycles. The molecule has 0 N–H and O–H groups in total. The maximum absolute atomic E-state index is 4.68. The maximum atomic E-state index is 4.68. The molecule has 0 aliphatic heterocycles. The van der Waals surface area contributed by atoms with Crippen LogP contribution in [0.3, 0.4) is 0 Å². The van der Waals surface area contributed by atoms with Crippen LogP contribution in [0.15, 0.2) is 23.7 Å². The van der Waals surface area contributed by atoms with Gasteiger partial charge >= 0.3 is 0 Å². The standard InChI is InChI=1S/C12H10N2S/c1-7-8(2)13-6-10-5-9-3-4-15-12(9)14-11(7)10/h3-6H,1-2H3. The minimum absolute atomic E-state index is 1.06. The summed E-state index contributed by atoms with van der Waals surface area (Å²) in [5, 5.41) is 4.41. The summed E-state index contributed by atoms with van der Waals surface area (Å²) in [5.41, 5.74) is 3.33. The van der Waals surface area contributed by atoms with E-state index in [0.29, 0.717) is 0 Å². The molecule has 3 rings (SSSR count). The molecule has 0 aliphatic carbocycles. The van der Waals surface area contributed by atoms with Crippen LogP contribution in [-0.4, -0.2) is 9.97 Å². The fourth-order valence-electron chi connectivity index (χ4n) is 1.75. The predicted molar refractivity (Wildman–Crippen MR) is 64.4 cm³/mol. The zero-order valence-corrected chi connectivity index (χ0v) is 9.43. The number of hydrogen-bond acceptors (Lipinski definition) is 3. The van der Waals surface area contributed by atoms with Crippen LogP contribution >= 0.6 is 11.3 Å². The Morgan fingerprint density at radius 1 is 1.20 bits per heavy atom. The molecule has 0 amide bonds. The Morgan fingerprint density at radius 3 is 2.93 bits per heavy atom. The van der Waals surface area contributed by atoms with Crippen LogP contribution in [0.4, 0.5) is 0 Å². The van der Waals surface area contributed by atoms with Crippen molar-refractivity contribution in [2.75, 3.05) is 0 Å². The number of hydrogen-bond donors (Lipinski definition) is 0. The first-order valence-corrected chi connectivity index (χ1v) is 5.74. The minimum Gasteiger partial charge on any atom is -0.261 e. The molecule has 0 fully saturated rings. The van der Waals surface area contributed by atoms with Gasteiger partial charge in [-0.25, -0.2) is 4.98 Å². The van der Waals surface area contributed by atoms with E-state index in [4.69, 9.17) is 0 Å². The van der Waals surface area contributed by atoms with Crippen molar-refractivity contribution in [2.45, 2.75) is 13.8 Å². The number of rotatable bonds is 0. The topological polar surface area (TPSA) is 25.8 Å². The van der Waals surface area contributed by atoms with Crippen LogP contribution in [0.5, 0.6) is 0 Å². The molecule has 0 bridgehead atoms. The molecule has 2 nitrogen and oxygen atoms in total. The molecule has 0 spiro atoms. The smallest absolute Gasteiger partial charge is 0.123 e. The average molecular weight is 214 g/mol. The Kier molecular flexibility index (Phi) is 1.76. The molecule has 3 aromatic heterocycles. The Bertz CT molecular complexity index is 655. The van der Waals surface area contributed by atoms with Gasteiger partial charge in [-0.15, -0.1) is 11.3 Å². The molecule has 3 heteroatoms. The highest BCUT2D eigenvalue weighted by Crippen LogP contribution is 2.25. The first kappa shape index (κ1) is 8.80. The number of pyridine rings is 2. The second kappa shape index (κ2) is 3.00. The third-order valence-corrected chi connectivity index (χ3v) is 3.59. The second-order valence-corrected chi connectivity index (χ2v) is 4.60. The Hall–Kier alpha value is -1.48. The fourth-order valence-corrected chi connectivity index (χ4v) is 2.50. The largest absolute Gasteiger partial charge is 0.261 e. The van der Waals surface area contributed by atoms with Crippen LogP contribution in [0, 0.1) is 13.8 Å². The molecule has 0 saturated heterocycles. The molecular weight excluding hydrogens is 204 g/mol. The van der Waals surface area contributed by atoms with Crippen molar-refractivity contribution in [2.24, 2.45) is 0 Å². The lowest BCUT2D eigenvalue weighted by Crippen LogP contribution is -1.90. The van der Waals surface area contributed by atoms with Gasteiger partial charge in [-0.1, -0.05) is 0 Å². The molecule has 3 aromatic rings. The van der Waals surface area contributed by atoms with Crippen LogP contribution in [0.1, 0.15) is 11.3 Å². The van der Waals surface area contributed by atoms with Crippen molar-refractivity contribution in [1.29, 1.82) is 0 Å². The lowest BCUT2D eigenvalue weighted by molar-refractivity contribution is 1.17. The van der Waals surface area contributed by atoms with Crippen LogP contribution in [-0.2, 0) is 0 Å². The van der Waals surface area contributed by atoms with E-state index in [1.54, 1.807) is 11.3 Å². The SMILES string of the molecule is Cc1ncc2cc3ccsc3nc2c1C. The summed E-state index contributed by atoms with van der Waals surface area (Å²) in [7, 11) is 0. The van der Waals surface area contributed by atoms with Gasteiger partial charge in [0.1, 0.15) is 4.83 Å². The van der Waals surface area contributed by atoms with Gasteiger partial charge in [-0.05, 0) is 36.9 Å². The molecule has 3 heterocycles. The summed E-state index contributed by atoms with van der Waals surface area (Å²) in [5.74, 6) is 0. The maximum Gasteiger partial charge on any atom is 0.123 e. The van der Waals surface area contributed by atoms with E-state index >= 15 is 0 Å². The Morgan fingerprint density at radius 2 is 2.07 bits per heavy atom. The monoisotopic (exact) mass is 214 g/mol. The Balaban J connectivity index is 2.54. The molecule has 0 unspecified atom stereocenters. The first-order chi connectivity index (χ1) is 7.25. The number of nitrogens with zero attached hydrogens (tertiary/aromatic N) is 2. The van der Waals surface area contributed by atoms with Gasteiger partial charge in [0.15, 0.2) is 0 Å². The van der Waals surface area contributed by atoms with Gasteiger partial charge in [-0.2, -0.15) is 0 Å². The Labute approximate surface area is 91.6 Å². The van der Waals surface area contributed by atoms with Crippen molar-refractivity contribution >= 4 is 32.5 Å². The summed E-state index contributed by atoms with van der Waals surface area (Å²) in [6.07, 6.45) is 1.90. The van der Waals surface area contributed by atoms with Crippen LogP contribution < -0.4 is 0 Å². The summed E-state index contributed by atoms with van der Waals surface area (Å²) in [6, 6.07) is 4.26. The van der Waals surface area contributed by atoms with Gasteiger partial charge in [-0.3, -0.25) is 4.98 Å². The first-order valence-electron chi connectivity index (χ1n) is 4.86. The average Bonchev–Trinajstić information content (AvgIpc) is 2.68. The van der Waals surface area contributed by atoms with E-state index < -0.39 is 0 Å². The lowest BCUT2D eigenvalue weighted by atomic mass is 10.1. The van der Waals surface area contributed by atoms with Crippen molar-refractivity contribution < 1.29 is 0 Å². The summed E-state index contributed by atoms with van der Waals surface area (Å²) in [6.45, 7) is 4.10. The van der Waals surface area contributed by atoms with Crippen molar-refractivity contribution in [3.05, 3.63) is 35.0 Å². The van der Waals surface area contributed by atoms with Gasteiger partial charge in [0, 0.05) is 22.7 Å². The van der Waals surface area contributed by atoms with E-state index in [0.717, 1.165) is 21.4 Å². The third kappa shape index (κ3) is 1.23. The molecule has 0 aliphatic rings. The highest BCUT2D eigenvalue weighted by Gasteiger charge is 2.05. The second-order valence-electron chi connectivity index (χ2n) is 3.71. The third-order valence-electron chi connectivity index (χ3n) is 2.77. The highest BCUT2D eigenvalue weighted by atomic mass is 32.1. The molecular formula is C12H10N2S. The van der Waals surface area contributed by atoms with Crippen LogP contribution in [0.25, 0.3) is 21.1 Å². The number of thiophene rings is 1. The molecule has 74 valence electrons. The van der Waals surface area contributed by atoms with Gasteiger partial charge in [0.2, 0.25) is 0 Å². The summed E-state index contributed by atoms with van der Waals surface area (Å²) < 4.78 is 0. The van der Waals surface area contributed by atoms with E-state index in [1.807, 2.05) is 13.1 Å². The molecule has 15 heavy (non-hydrogen) atoms. The number of aromatic nitrogens is 2. The zero-order chi connectivity index (χ0) is 10.4. The molecule has 0 atom stereocenters. The van der Waals surface area contributed by atoms with Crippen LogP contribution in [0.2, 0.25) is 0 Å². The van der Waals surface area contributed by atoms with Gasteiger partial charge in [0.05, 0.1) is 5.52 Å². The van der Waals surface area contributed by atoms with E-state index in [9.17, 15) is 0 Å². The summed E-state index contributed by atoms with van der Waals surface area (Å²) in [4.78, 5) is 10.1. The lowest BCUT2D eigenvalue weighted by Gasteiger charge is -2.03. The van der Waals surface area contributed by atoms with Gasteiger partial charge < -0.3 is 0 Å². The van der Waals surface area contributed by atoms with E-state index in [1.165, 1.54) is 10.9 Å². The van der Waals surface area contributed by atoms with Crippen molar-refractivity contribution in [3.63, 3.8) is 0 Å². The molecule has 0 radical (unpaired) electrons. The van der Waals surface area contributed by atoms with E-state index in [2.05, 4.69) is 34.4 Å². The van der Waals surface area contributed by atoms with Gasteiger partial charge in [0.25, 0.3) is 0 Å². The number of aryl methyl sites for hydroxylation is 2. The normalized spacial score (nSPS) is 11.3. The highest BCUT2D eigenvalue weighted by molar-refractivity contribution is 7.16. The fraction of sp³-hybridized carbons (Fsp3) is 0.167. The predicted octanol–water partition coefficient (Wildman–Crippen LogP) is 3.46. The number of fused-ring (bicyclic) bond motifs is 2. The quantitative estimate of drug-likeness (QED) is 0.572.